The number of pyridine rings is 1. The molecule has 0 radical (unpaired) electrons. The minimum absolute atomic E-state index is 0.0194. The second-order valence-corrected chi connectivity index (χ2v) is 4.38. The first-order valence-electron chi connectivity index (χ1n) is 6.06. The van der Waals surface area contributed by atoms with Crippen molar-refractivity contribution in [1.29, 1.82) is 0 Å². The predicted molar refractivity (Wildman–Crippen MR) is 69.1 cm³/mol. The Morgan fingerprint density at radius 3 is 2.59 bits per heavy atom. The highest BCUT2D eigenvalue weighted by Gasteiger charge is 2.11. The number of hydrogen-bond acceptors (Lipinski definition) is 4. The molecule has 96 valence electrons. The SMILES string of the molecule is CCCc1cc(CO)cc(N(C)C(C)CO)n1. The molecule has 17 heavy (non-hydrogen) atoms. The number of likely N-dealkylation sites (N-methyl/N-ethyl adjacent to an activating group) is 1. The highest BCUT2D eigenvalue weighted by atomic mass is 16.3. The monoisotopic (exact) mass is 238 g/mol. The van der Waals surface area contributed by atoms with Crippen LogP contribution in [0.4, 0.5) is 5.82 Å². The van der Waals surface area contributed by atoms with E-state index in [1.54, 1.807) is 0 Å². The highest BCUT2D eigenvalue weighted by Crippen LogP contribution is 2.17. The van der Waals surface area contributed by atoms with Crippen molar-refractivity contribution in [1.82, 2.24) is 4.98 Å². The summed E-state index contributed by atoms with van der Waals surface area (Å²) in [7, 11) is 1.90. The van der Waals surface area contributed by atoms with Crippen LogP contribution >= 0.6 is 0 Å². The lowest BCUT2D eigenvalue weighted by atomic mass is 10.1. The molecule has 0 fully saturated rings. The standard InChI is InChI=1S/C13H22N2O2/c1-4-5-12-6-11(9-17)7-13(14-12)15(3)10(2)8-16/h6-7,10,16-17H,4-5,8-9H2,1-3H3. The number of hydrogen-bond donors (Lipinski definition) is 2. The molecule has 0 aliphatic carbocycles. The minimum Gasteiger partial charge on any atom is -0.394 e. The van der Waals surface area contributed by atoms with E-state index in [4.69, 9.17) is 5.11 Å². The van der Waals surface area contributed by atoms with Crippen LogP contribution in [0.3, 0.4) is 0 Å². The maximum Gasteiger partial charge on any atom is 0.129 e. The molecule has 0 aliphatic heterocycles. The van der Waals surface area contributed by atoms with Gasteiger partial charge in [0.05, 0.1) is 19.3 Å². The molecule has 4 nitrogen and oxygen atoms in total. The van der Waals surface area contributed by atoms with Gasteiger partial charge >= 0.3 is 0 Å². The summed E-state index contributed by atoms with van der Waals surface area (Å²) in [6.45, 7) is 4.15. The number of anilines is 1. The molecule has 1 heterocycles. The van der Waals surface area contributed by atoms with Crippen LogP contribution in [-0.2, 0) is 13.0 Å². The molecular weight excluding hydrogens is 216 g/mol. The first-order chi connectivity index (χ1) is 8.12. The lowest BCUT2D eigenvalue weighted by molar-refractivity contribution is 0.269. The number of aryl methyl sites for hydroxylation is 1. The summed E-state index contributed by atoms with van der Waals surface area (Å²) in [5.74, 6) is 0.807. The van der Waals surface area contributed by atoms with E-state index in [9.17, 15) is 5.11 Å². The van der Waals surface area contributed by atoms with Gasteiger partial charge in [0.1, 0.15) is 5.82 Å². The molecule has 0 amide bonds. The molecule has 1 aromatic heterocycles. The largest absolute Gasteiger partial charge is 0.394 e. The molecule has 4 heteroatoms. The van der Waals surface area contributed by atoms with Gasteiger partial charge in [-0.25, -0.2) is 4.98 Å². The van der Waals surface area contributed by atoms with Gasteiger partial charge in [0.2, 0.25) is 0 Å². The molecule has 0 saturated heterocycles. The summed E-state index contributed by atoms with van der Waals surface area (Å²) in [4.78, 5) is 6.47. The third-order valence-corrected chi connectivity index (χ3v) is 2.90. The first-order valence-corrected chi connectivity index (χ1v) is 6.06. The van der Waals surface area contributed by atoms with Crippen molar-refractivity contribution < 1.29 is 10.2 Å². The van der Waals surface area contributed by atoms with E-state index in [1.165, 1.54) is 0 Å². The van der Waals surface area contributed by atoms with Crippen molar-refractivity contribution >= 4 is 5.82 Å². The van der Waals surface area contributed by atoms with E-state index < -0.39 is 0 Å². The van der Waals surface area contributed by atoms with E-state index in [0.717, 1.165) is 29.9 Å². The van der Waals surface area contributed by atoms with Crippen molar-refractivity contribution in [3.8, 4) is 0 Å². The second-order valence-electron chi connectivity index (χ2n) is 4.38. The molecule has 2 N–H and O–H groups in total. The van der Waals surface area contributed by atoms with Gasteiger partial charge in [-0.2, -0.15) is 0 Å². The van der Waals surface area contributed by atoms with Gasteiger partial charge in [-0.3, -0.25) is 0 Å². The minimum atomic E-state index is 0.0194. The van der Waals surface area contributed by atoms with Crippen LogP contribution in [0.15, 0.2) is 12.1 Å². The average Bonchev–Trinajstić information content (AvgIpc) is 2.36. The Balaban J connectivity index is 3.01. The summed E-state index contributed by atoms with van der Waals surface area (Å²) >= 11 is 0. The van der Waals surface area contributed by atoms with Crippen LogP contribution in [-0.4, -0.2) is 34.9 Å². The van der Waals surface area contributed by atoms with Gasteiger partial charge in [0, 0.05) is 12.7 Å². The van der Waals surface area contributed by atoms with E-state index in [1.807, 2.05) is 31.0 Å². The van der Waals surface area contributed by atoms with Gasteiger partial charge in [-0.05, 0) is 31.0 Å². The van der Waals surface area contributed by atoms with Gasteiger partial charge in [0.25, 0.3) is 0 Å². The summed E-state index contributed by atoms with van der Waals surface area (Å²) in [6.07, 6.45) is 1.93. The zero-order valence-electron chi connectivity index (χ0n) is 10.8. The zero-order chi connectivity index (χ0) is 12.8. The lowest BCUT2D eigenvalue weighted by Crippen LogP contribution is -2.32. The molecule has 0 spiro atoms. The fourth-order valence-electron chi connectivity index (χ4n) is 1.64. The summed E-state index contributed by atoms with van der Waals surface area (Å²) in [5.41, 5.74) is 1.86. The summed E-state index contributed by atoms with van der Waals surface area (Å²) in [6, 6.07) is 3.82. The van der Waals surface area contributed by atoms with Crippen LogP contribution in [0.5, 0.6) is 0 Å². The molecule has 0 bridgehead atoms. The average molecular weight is 238 g/mol. The van der Waals surface area contributed by atoms with Gasteiger partial charge in [0.15, 0.2) is 0 Å². The highest BCUT2D eigenvalue weighted by molar-refractivity contribution is 5.42. The van der Waals surface area contributed by atoms with Crippen molar-refractivity contribution in [2.24, 2.45) is 0 Å². The topological polar surface area (TPSA) is 56.6 Å². The van der Waals surface area contributed by atoms with Crippen LogP contribution in [0.2, 0.25) is 0 Å². The number of aliphatic hydroxyl groups excluding tert-OH is 2. The third-order valence-electron chi connectivity index (χ3n) is 2.90. The lowest BCUT2D eigenvalue weighted by Gasteiger charge is -2.25. The van der Waals surface area contributed by atoms with E-state index in [0.29, 0.717) is 0 Å². The maximum absolute atomic E-state index is 9.24. The Hall–Kier alpha value is -1.13. The Morgan fingerprint density at radius 1 is 1.35 bits per heavy atom. The zero-order valence-corrected chi connectivity index (χ0v) is 10.8. The van der Waals surface area contributed by atoms with E-state index in [2.05, 4.69) is 11.9 Å². The molecule has 0 aliphatic rings. The number of rotatable bonds is 6. The normalized spacial score (nSPS) is 12.5. The molecule has 1 rings (SSSR count). The van der Waals surface area contributed by atoms with E-state index in [-0.39, 0.29) is 19.3 Å². The molecule has 1 atom stereocenters. The quantitative estimate of drug-likeness (QED) is 0.785. The fourth-order valence-corrected chi connectivity index (χ4v) is 1.64. The van der Waals surface area contributed by atoms with Crippen LogP contribution in [0.1, 0.15) is 31.5 Å². The van der Waals surface area contributed by atoms with Gasteiger partial charge in [-0.1, -0.05) is 13.3 Å². The van der Waals surface area contributed by atoms with Crippen LogP contribution in [0.25, 0.3) is 0 Å². The first kappa shape index (κ1) is 13.9. The molecule has 1 unspecified atom stereocenters. The summed E-state index contributed by atoms with van der Waals surface area (Å²) < 4.78 is 0. The number of aliphatic hydroxyl groups is 2. The van der Waals surface area contributed by atoms with Crippen LogP contribution < -0.4 is 4.90 Å². The second kappa shape index (κ2) is 6.57. The van der Waals surface area contributed by atoms with E-state index >= 15 is 0 Å². The van der Waals surface area contributed by atoms with Gasteiger partial charge < -0.3 is 15.1 Å². The Kier molecular flexibility index (Phi) is 5.38. The fraction of sp³-hybridized carbons (Fsp3) is 0.615. The predicted octanol–water partition coefficient (Wildman–Crippen LogP) is 1.34. The third kappa shape index (κ3) is 3.68. The number of nitrogens with zero attached hydrogens (tertiary/aromatic N) is 2. The van der Waals surface area contributed by atoms with Crippen LogP contribution in [0, 0.1) is 0 Å². The Morgan fingerprint density at radius 2 is 2.06 bits per heavy atom. The van der Waals surface area contributed by atoms with Crippen molar-refractivity contribution in [2.45, 2.75) is 39.3 Å². The molecule has 1 aromatic rings. The maximum atomic E-state index is 9.24. The van der Waals surface area contributed by atoms with Crippen molar-refractivity contribution in [2.75, 3.05) is 18.6 Å². The Labute approximate surface area is 103 Å². The smallest absolute Gasteiger partial charge is 0.129 e. The molecule has 0 saturated carbocycles. The molecular formula is C13H22N2O2. The van der Waals surface area contributed by atoms with Crippen molar-refractivity contribution in [3.05, 3.63) is 23.4 Å². The van der Waals surface area contributed by atoms with Crippen molar-refractivity contribution in [3.63, 3.8) is 0 Å². The Bertz CT molecular complexity index is 355. The molecule has 0 aromatic carbocycles. The number of aromatic nitrogens is 1. The summed E-state index contributed by atoms with van der Waals surface area (Å²) in [5, 5.41) is 18.4. The van der Waals surface area contributed by atoms with Gasteiger partial charge in [-0.15, -0.1) is 0 Å².